The number of nitrogens with one attached hydrogen (secondary N) is 1. The van der Waals surface area contributed by atoms with E-state index in [0.29, 0.717) is 40.3 Å². The molecule has 0 saturated carbocycles. The van der Waals surface area contributed by atoms with E-state index >= 15 is 0 Å². The maximum atomic E-state index is 13.2. The van der Waals surface area contributed by atoms with E-state index in [1.807, 2.05) is 13.8 Å². The Balaban J connectivity index is 1.87. The van der Waals surface area contributed by atoms with Crippen molar-refractivity contribution < 1.29 is 19.4 Å². The molecule has 11 heteroatoms. The monoisotopic (exact) mass is 490 g/mol. The first-order valence-electron chi connectivity index (χ1n) is 10.6. The largest absolute Gasteiger partial charge is 0.481 e. The minimum absolute atomic E-state index is 0.0549. The third-order valence-corrected chi connectivity index (χ3v) is 6.13. The fourth-order valence-corrected chi connectivity index (χ4v) is 4.47. The number of hydrogen-bond acceptors (Lipinski definition) is 8. The molecule has 3 heterocycles. The van der Waals surface area contributed by atoms with E-state index in [9.17, 15) is 14.4 Å². The number of carbonyl (C=O) groups excluding carboxylic acids is 1. The first-order chi connectivity index (χ1) is 15.8. The second kappa shape index (κ2) is 11.4. The Kier molecular flexibility index (Phi) is 8.59. The van der Waals surface area contributed by atoms with E-state index in [4.69, 9.17) is 22.1 Å². The number of rotatable bonds is 11. The Bertz CT molecular complexity index is 1150. The van der Waals surface area contributed by atoms with Crippen LogP contribution in [0.4, 0.5) is 5.82 Å². The van der Waals surface area contributed by atoms with Crippen LogP contribution in [0.15, 0.2) is 34.1 Å². The van der Waals surface area contributed by atoms with Gasteiger partial charge in [-0.05, 0) is 44.9 Å². The lowest BCUT2D eigenvalue weighted by Crippen LogP contribution is -2.29. The fraction of sp³-hybridized carbons (Fsp3) is 0.409. The van der Waals surface area contributed by atoms with Gasteiger partial charge in [-0.2, -0.15) is 0 Å². The molecule has 1 aliphatic rings. The van der Waals surface area contributed by atoms with Crippen LogP contribution in [-0.2, 0) is 14.3 Å². The highest BCUT2D eigenvalue weighted by atomic mass is 32.2. The van der Waals surface area contributed by atoms with E-state index < -0.39 is 5.97 Å². The molecule has 0 aliphatic carbocycles. The van der Waals surface area contributed by atoms with Gasteiger partial charge in [-0.3, -0.25) is 23.7 Å². The van der Waals surface area contributed by atoms with Crippen molar-refractivity contribution in [3.05, 3.63) is 45.2 Å². The lowest BCUT2D eigenvalue weighted by atomic mass is 10.2. The number of ether oxygens (including phenoxy) is 1. The summed E-state index contributed by atoms with van der Waals surface area (Å²) in [6.07, 6.45) is 4.24. The number of amides is 1. The van der Waals surface area contributed by atoms with Gasteiger partial charge in [0.25, 0.3) is 11.5 Å². The number of thioether (sulfide) groups is 1. The second-order valence-corrected chi connectivity index (χ2v) is 9.31. The average molecular weight is 491 g/mol. The molecule has 1 aliphatic heterocycles. The molecule has 0 unspecified atom stereocenters. The van der Waals surface area contributed by atoms with E-state index in [2.05, 4.69) is 10.3 Å². The molecule has 33 heavy (non-hydrogen) atoms. The topological polar surface area (TPSA) is 113 Å². The molecule has 0 radical (unpaired) electrons. The molecule has 2 N–H and O–H groups in total. The minimum atomic E-state index is -0.930. The van der Waals surface area contributed by atoms with Crippen LogP contribution < -0.4 is 10.9 Å². The summed E-state index contributed by atoms with van der Waals surface area (Å²) in [4.78, 5) is 43.1. The van der Waals surface area contributed by atoms with Gasteiger partial charge in [-0.25, -0.2) is 4.98 Å². The molecule has 176 valence electrons. The zero-order valence-corrected chi connectivity index (χ0v) is 20.1. The summed E-state index contributed by atoms with van der Waals surface area (Å²) in [5.74, 6) is -0.892. The molecule has 2 aromatic rings. The smallest absolute Gasteiger partial charge is 0.303 e. The van der Waals surface area contributed by atoms with Crippen molar-refractivity contribution in [2.24, 2.45) is 0 Å². The number of aromatic nitrogens is 2. The van der Waals surface area contributed by atoms with Gasteiger partial charge < -0.3 is 15.2 Å². The number of anilines is 1. The van der Waals surface area contributed by atoms with Gasteiger partial charge in [0.05, 0.1) is 16.6 Å². The Labute approximate surface area is 200 Å². The van der Waals surface area contributed by atoms with Crippen LogP contribution in [0.2, 0.25) is 0 Å². The van der Waals surface area contributed by atoms with Gasteiger partial charge in [0.1, 0.15) is 15.8 Å². The van der Waals surface area contributed by atoms with E-state index in [1.165, 1.54) is 15.4 Å². The molecule has 0 bridgehead atoms. The van der Waals surface area contributed by atoms with Crippen molar-refractivity contribution in [2.45, 2.75) is 39.2 Å². The van der Waals surface area contributed by atoms with Crippen molar-refractivity contribution in [3.63, 3.8) is 0 Å². The summed E-state index contributed by atoms with van der Waals surface area (Å²) in [7, 11) is 0. The number of pyridine rings is 1. The molecule has 1 fully saturated rings. The number of hydrogen-bond donors (Lipinski definition) is 2. The van der Waals surface area contributed by atoms with Crippen molar-refractivity contribution in [3.8, 4) is 0 Å². The lowest BCUT2D eigenvalue weighted by Gasteiger charge is -2.13. The number of thiocarbonyl (C=S) groups is 1. The minimum Gasteiger partial charge on any atom is -0.481 e. The van der Waals surface area contributed by atoms with Crippen molar-refractivity contribution in [1.29, 1.82) is 0 Å². The van der Waals surface area contributed by atoms with Crippen molar-refractivity contribution >= 4 is 57.7 Å². The Morgan fingerprint density at radius 2 is 2.12 bits per heavy atom. The molecule has 3 rings (SSSR count). The van der Waals surface area contributed by atoms with Gasteiger partial charge >= 0.3 is 5.97 Å². The van der Waals surface area contributed by atoms with E-state index in [0.717, 1.165) is 18.2 Å². The molecule has 0 atom stereocenters. The zero-order valence-electron chi connectivity index (χ0n) is 18.4. The van der Waals surface area contributed by atoms with Crippen LogP contribution in [0.3, 0.4) is 0 Å². The third kappa shape index (κ3) is 6.40. The number of carboxylic acid groups (broad SMARTS) is 1. The van der Waals surface area contributed by atoms with Gasteiger partial charge in [0.15, 0.2) is 0 Å². The standard InChI is InChI=1S/C22H26N4O5S2/c1-14(2)31-12-6-9-23-19-15(20(29)25-10-4-3-7-17(25)24-19)13-16-21(30)26(22(32)33-16)11-5-8-18(27)28/h3-4,7,10,13-14,23H,5-6,8-9,11-12H2,1-2H3,(H,27,28). The summed E-state index contributed by atoms with van der Waals surface area (Å²) >= 11 is 6.40. The van der Waals surface area contributed by atoms with Crippen LogP contribution >= 0.6 is 24.0 Å². The molecule has 1 saturated heterocycles. The molecular formula is C22H26N4O5S2. The molecule has 2 aromatic heterocycles. The Hall–Kier alpha value is -2.76. The Morgan fingerprint density at radius 3 is 2.85 bits per heavy atom. The highest BCUT2D eigenvalue weighted by Gasteiger charge is 2.32. The SMILES string of the molecule is CC(C)OCCCNc1nc2ccccn2c(=O)c1C=C1SC(=S)N(CCCC(=O)O)C1=O. The molecule has 0 aromatic carbocycles. The second-order valence-electron chi connectivity index (χ2n) is 7.64. The number of carbonyl (C=O) groups is 2. The van der Waals surface area contributed by atoms with Gasteiger partial charge in [0, 0.05) is 32.3 Å². The Morgan fingerprint density at radius 1 is 1.33 bits per heavy atom. The van der Waals surface area contributed by atoms with Crippen LogP contribution in [0.5, 0.6) is 0 Å². The first kappa shape index (κ1) is 24.9. The summed E-state index contributed by atoms with van der Waals surface area (Å²) < 4.78 is 7.32. The molecule has 9 nitrogen and oxygen atoms in total. The molecule has 1 amide bonds. The number of aliphatic carboxylic acids is 1. The first-order valence-corrected chi connectivity index (χ1v) is 11.8. The fourth-order valence-electron chi connectivity index (χ4n) is 3.18. The number of fused-ring (bicyclic) bond motifs is 1. The number of nitrogens with zero attached hydrogens (tertiary/aromatic N) is 3. The van der Waals surface area contributed by atoms with Crippen LogP contribution in [-0.4, -0.2) is 61.4 Å². The highest BCUT2D eigenvalue weighted by Crippen LogP contribution is 2.33. The van der Waals surface area contributed by atoms with E-state index in [1.54, 1.807) is 24.4 Å². The normalized spacial score (nSPS) is 15.2. The average Bonchev–Trinajstić information content (AvgIpc) is 3.03. The molecule has 0 spiro atoms. The molecular weight excluding hydrogens is 464 g/mol. The van der Waals surface area contributed by atoms with Gasteiger partial charge in [0.2, 0.25) is 0 Å². The van der Waals surface area contributed by atoms with Crippen molar-refractivity contribution in [2.75, 3.05) is 25.0 Å². The summed E-state index contributed by atoms with van der Waals surface area (Å²) in [5.41, 5.74) is 0.439. The summed E-state index contributed by atoms with van der Waals surface area (Å²) in [6, 6.07) is 5.27. The summed E-state index contributed by atoms with van der Waals surface area (Å²) in [5, 5.41) is 12.0. The lowest BCUT2D eigenvalue weighted by molar-refractivity contribution is -0.137. The van der Waals surface area contributed by atoms with Crippen LogP contribution in [0, 0.1) is 0 Å². The maximum absolute atomic E-state index is 13.2. The highest BCUT2D eigenvalue weighted by molar-refractivity contribution is 8.26. The maximum Gasteiger partial charge on any atom is 0.303 e. The van der Waals surface area contributed by atoms with Crippen LogP contribution in [0.25, 0.3) is 11.7 Å². The van der Waals surface area contributed by atoms with Gasteiger partial charge in [-0.15, -0.1) is 0 Å². The van der Waals surface area contributed by atoms with Crippen molar-refractivity contribution in [1.82, 2.24) is 14.3 Å². The predicted molar refractivity (Wildman–Crippen MR) is 132 cm³/mol. The third-order valence-electron chi connectivity index (χ3n) is 4.76. The summed E-state index contributed by atoms with van der Waals surface area (Å²) in [6.45, 7) is 5.26. The predicted octanol–water partition coefficient (Wildman–Crippen LogP) is 2.99. The van der Waals surface area contributed by atoms with E-state index in [-0.39, 0.29) is 36.1 Å². The van der Waals surface area contributed by atoms with Gasteiger partial charge in [-0.1, -0.05) is 30.0 Å². The zero-order chi connectivity index (χ0) is 24.0. The van der Waals surface area contributed by atoms with Crippen LogP contribution in [0.1, 0.15) is 38.7 Å². The number of carboxylic acids is 1. The quantitative estimate of drug-likeness (QED) is 0.279.